The maximum Gasteiger partial charge on any atom is 0.253 e. The number of aromatic nitrogens is 1. The number of carbonyl (C=O) groups is 1. The Morgan fingerprint density at radius 1 is 1.04 bits per heavy atom. The summed E-state index contributed by atoms with van der Waals surface area (Å²) in [6, 6.07) is 16.7. The monoisotopic (exact) mass is 368 g/mol. The minimum atomic E-state index is -0.0484. The van der Waals surface area contributed by atoms with Crippen LogP contribution >= 0.6 is 11.3 Å². The molecule has 2 aromatic carbocycles. The number of benzene rings is 2. The Morgan fingerprint density at radius 3 is 2.46 bits per heavy atom. The van der Waals surface area contributed by atoms with Gasteiger partial charge < -0.3 is 14.4 Å². The van der Waals surface area contributed by atoms with Crippen LogP contribution in [0.3, 0.4) is 0 Å². The van der Waals surface area contributed by atoms with E-state index in [2.05, 4.69) is 4.98 Å². The van der Waals surface area contributed by atoms with Crippen molar-refractivity contribution < 1.29 is 14.3 Å². The first-order valence-electron chi connectivity index (χ1n) is 8.25. The van der Waals surface area contributed by atoms with Gasteiger partial charge in [-0.05, 0) is 36.4 Å². The molecule has 26 heavy (non-hydrogen) atoms. The molecule has 1 heterocycles. The highest BCUT2D eigenvalue weighted by atomic mass is 32.1. The second-order valence-electron chi connectivity index (χ2n) is 5.68. The topological polar surface area (TPSA) is 51.7 Å². The third-order valence-corrected chi connectivity index (χ3v) is 4.39. The number of carbonyl (C=O) groups excluding carboxylic acids is 1. The van der Waals surface area contributed by atoms with E-state index in [9.17, 15) is 4.79 Å². The quantitative estimate of drug-likeness (QED) is 0.606. The molecule has 1 amide bonds. The molecule has 0 N–H and O–H groups in total. The molecule has 1 aromatic heterocycles. The van der Waals surface area contributed by atoms with Crippen molar-refractivity contribution in [1.82, 2.24) is 9.88 Å². The fraction of sp³-hybridized carbons (Fsp3) is 0.200. The molecule has 0 saturated carbocycles. The van der Waals surface area contributed by atoms with Gasteiger partial charge in [0.25, 0.3) is 5.91 Å². The zero-order valence-electron chi connectivity index (χ0n) is 14.5. The second kappa shape index (κ2) is 9.01. The molecule has 0 saturated heterocycles. The molecule has 0 radical (unpaired) electrons. The molecule has 0 fully saturated rings. The van der Waals surface area contributed by atoms with Gasteiger partial charge in [-0.1, -0.05) is 18.2 Å². The number of hydrogen-bond donors (Lipinski definition) is 0. The van der Waals surface area contributed by atoms with E-state index in [1.165, 1.54) is 11.3 Å². The van der Waals surface area contributed by atoms with Crippen molar-refractivity contribution in [1.29, 1.82) is 0 Å². The van der Waals surface area contributed by atoms with Gasteiger partial charge >= 0.3 is 0 Å². The van der Waals surface area contributed by atoms with Crippen LogP contribution in [0.2, 0.25) is 0 Å². The van der Waals surface area contributed by atoms with Crippen LogP contribution in [-0.4, -0.2) is 36.0 Å². The van der Waals surface area contributed by atoms with E-state index < -0.39 is 0 Å². The molecule has 0 aliphatic heterocycles. The first-order chi connectivity index (χ1) is 12.7. The fourth-order valence-corrected chi connectivity index (χ4v) is 2.84. The van der Waals surface area contributed by atoms with Gasteiger partial charge in [0.15, 0.2) is 0 Å². The summed E-state index contributed by atoms with van der Waals surface area (Å²) in [6.45, 7) is 1.38. The van der Waals surface area contributed by atoms with Crippen LogP contribution in [0, 0.1) is 0 Å². The molecular formula is C20H20N2O3S. The first-order valence-corrected chi connectivity index (χ1v) is 9.20. The van der Waals surface area contributed by atoms with Gasteiger partial charge in [-0.3, -0.25) is 4.79 Å². The third-order valence-electron chi connectivity index (χ3n) is 3.76. The summed E-state index contributed by atoms with van der Waals surface area (Å²) < 4.78 is 11.3. The van der Waals surface area contributed by atoms with Crippen LogP contribution in [0.5, 0.6) is 11.5 Å². The van der Waals surface area contributed by atoms with Crippen molar-refractivity contribution in [2.45, 2.75) is 6.61 Å². The van der Waals surface area contributed by atoms with Gasteiger partial charge in [0.05, 0.1) is 17.7 Å². The van der Waals surface area contributed by atoms with Crippen molar-refractivity contribution in [3.05, 3.63) is 76.7 Å². The Hall–Kier alpha value is -2.86. The number of nitrogens with zero attached hydrogens (tertiary/aromatic N) is 2. The lowest BCUT2D eigenvalue weighted by Crippen LogP contribution is -2.30. The Balaban J connectivity index is 1.47. The van der Waals surface area contributed by atoms with E-state index in [0.717, 1.165) is 11.4 Å². The summed E-state index contributed by atoms with van der Waals surface area (Å²) in [5.74, 6) is 1.47. The Morgan fingerprint density at radius 2 is 1.77 bits per heavy atom. The summed E-state index contributed by atoms with van der Waals surface area (Å²) in [6.07, 6.45) is 0. The van der Waals surface area contributed by atoms with Gasteiger partial charge in [-0.2, -0.15) is 0 Å². The molecule has 134 valence electrons. The lowest BCUT2D eigenvalue weighted by atomic mass is 10.2. The smallest absolute Gasteiger partial charge is 0.253 e. The molecule has 6 heteroatoms. The van der Waals surface area contributed by atoms with Gasteiger partial charge in [0, 0.05) is 18.0 Å². The minimum absolute atomic E-state index is 0.0484. The molecule has 5 nitrogen and oxygen atoms in total. The van der Waals surface area contributed by atoms with Crippen molar-refractivity contribution >= 4 is 17.2 Å². The molecule has 0 atom stereocenters. The highest BCUT2D eigenvalue weighted by Crippen LogP contribution is 2.15. The second-order valence-corrected chi connectivity index (χ2v) is 6.40. The van der Waals surface area contributed by atoms with Crippen LogP contribution in [0.25, 0.3) is 0 Å². The number of para-hydroxylation sites is 1. The summed E-state index contributed by atoms with van der Waals surface area (Å²) in [4.78, 5) is 18.3. The highest BCUT2D eigenvalue weighted by molar-refractivity contribution is 7.07. The van der Waals surface area contributed by atoms with Gasteiger partial charge in [0.1, 0.15) is 24.7 Å². The number of amides is 1. The first kappa shape index (κ1) is 17.9. The molecule has 0 bridgehead atoms. The molecule has 3 aromatic rings. The number of likely N-dealkylation sites (N-methyl/N-ethyl adjacent to an activating group) is 1. The van der Waals surface area contributed by atoms with Crippen molar-refractivity contribution in [3.8, 4) is 11.5 Å². The van der Waals surface area contributed by atoms with Crippen LogP contribution in [-0.2, 0) is 6.61 Å². The largest absolute Gasteiger partial charge is 0.492 e. The summed E-state index contributed by atoms with van der Waals surface area (Å²) in [5.41, 5.74) is 3.29. The molecule has 0 unspecified atom stereocenters. The van der Waals surface area contributed by atoms with Crippen LogP contribution in [0.4, 0.5) is 0 Å². The van der Waals surface area contributed by atoms with E-state index in [1.54, 1.807) is 41.7 Å². The standard InChI is InChI=1S/C20H20N2O3S/c1-22(11-12-24-18-5-3-2-4-6-18)20(23)16-7-9-19(10-8-16)25-13-17-14-26-15-21-17/h2-10,14-15H,11-13H2,1H3. The number of hydrogen-bond acceptors (Lipinski definition) is 5. The van der Waals surface area contributed by atoms with Gasteiger partial charge in [-0.25, -0.2) is 4.98 Å². The molecule has 3 rings (SSSR count). The van der Waals surface area contributed by atoms with Gasteiger partial charge in [-0.15, -0.1) is 11.3 Å². The Kier molecular flexibility index (Phi) is 6.22. The minimum Gasteiger partial charge on any atom is -0.492 e. The van der Waals surface area contributed by atoms with Crippen LogP contribution in [0.15, 0.2) is 65.5 Å². The highest BCUT2D eigenvalue weighted by Gasteiger charge is 2.11. The number of ether oxygens (including phenoxy) is 2. The van der Waals surface area contributed by atoms with Crippen LogP contribution in [0.1, 0.15) is 16.1 Å². The Labute approximate surface area is 156 Å². The summed E-state index contributed by atoms with van der Waals surface area (Å²) in [7, 11) is 1.77. The summed E-state index contributed by atoms with van der Waals surface area (Å²) >= 11 is 1.54. The molecule has 0 aliphatic carbocycles. The summed E-state index contributed by atoms with van der Waals surface area (Å²) in [5, 5.41) is 1.95. The lowest BCUT2D eigenvalue weighted by molar-refractivity contribution is 0.0773. The maximum atomic E-state index is 12.5. The normalized spacial score (nSPS) is 10.3. The lowest BCUT2D eigenvalue weighted by Gasteiger charge is -2.17. The van der Waals surface area contributed by atoms with E-state index in [-0.39, 0.29) is 5.91 Å². The van der Waals surface area contributed by atoms with E-state index in [1.807, 2.05) is 35.7 Å². The predicted molar refractivity (Wildman–Crippen MR) is 102 cm³/mol. The zero-order chi connectivity index (χ0) is 18.2. The van der Waals surface area contributed by atoms with Gasteiger partial charge in [0.2, 0.25) is 0 Å². The van der Waals surface area contributed by atoms with E-state index in [4.69, 9.17) is 9.47 Å². The maximum absolute atomic E-state index is 12.5. The van der Waals surface area contributed by atoms with Crippen molar-refractivity contribution in [2.75, 3.05) is 20.2 Å². The average molecular weight is 368 g/mol. The average Bonchev–Trinajstić information content (AvgIpc) is 3.20. The number of thiazole rings is 1. The van der Waals surface area contributed by atoms with E-state index >= 15 is 0 Å². The predicted octanol–water partition coefficient (Wildman–Crippen LogP) is 3.87. The molecule has 0 aliphatic rings. The SMILES string of the molecule is CN(CCOc1ccccc1)C(=O)c1ccc(OCc2cscn2)cc1. The number of rotatable bonds is 8. The third kappa shape index (κ3) is 5.07. The van der Waals surface area contributed by atoms with E-state index in [0.29, 0.717) is 31.1 Å². The van der Waals surface area contributed by atoms with Crippen molar-refractivity contribution in [2.24, 2.45) is 0 Å². The molecule has 0 spiro atoms. The van der Waals surface area contributed by atoms with Crippen LogP contribution < -0.4 is 9.47 Å². The van der Waals surface area contributed by atoms with Crippen molar-refractivity contribution in [3.63, 3.8) is 0 Å². The zero-order valence-corrected chi connectivity index (χ0v) is 15.3. The Bertz CT molecular complexity index is 805. The molecular weight excluding hydrogens is 348 g/mol. The fourth-order valence-electron chi connectivity index (χ4n) is 2.30.